The predicted octanol–water partition coefficient (Wildman–Crippen LogP) is -0.377. The maximum absolute atomic E-state index is 6.19. The van der Waals surface area contributed by atoms with Crippen molar-refractivity contribution in [2.75, 3.05) is 0 Å². The van der Waals surface area contributed by atoms with Gasteiger partial charge in [0.15, 0.2) is 0 Å². The van der Waals surface area contributed by atoms with E-state index in [2.05, 4.69) is 65.8 Å². The standard InChI is InChI=1S/C20H40O10Si10/c1-11-31-21-32(12-2)23-34(14-4)25-36(16-6)27-38(18-8)29-40(20-10)30-39(19-9)28-37(17-7)26-35(15-5)24-33(13-3)22-31/h11-20,31-40H,1-10H2. The average Bonchev–Trinajstić information content (AvgIpc) is 2.99. The topological polar surface area (TPSA) is 92.3 Å². The molecule has 0 radical (unpaired) electrons. The van der Waals surface area contributed by atoms with Crippen molar-refractivity contribution in [3.63, 3.8) is 0 Å². The molecular weight excluding hydrogens is 681 g/mol. The molecule has 10 nitrogen and oxygen atoms in total. The summed E-state index contributed by atoms with van der Waals surface area (Å²) in [7, 11) is -24.3. The van der Waals surface area contributed by atoms with E-state index in [1.165, 1.54) is 0 Å². The van der Waals surface area contributed by atoms with Gasteiger partial charge in [-0.1, -0.05) is 57.0 Å². The van der Waals surface area contributed by atoms with Crippen LogP contribution in [0.2, 0.25) is 0 Å². The van der Waals surface area contributed by atoms with Crippen LogP contribution in [0.5, 0.6) is 0 Å². The van der Waals surface area contributed by atoms with Gasteiger partial charge in [0.2, 0.25) is 0 Å². The van der Waals surface area contributed by atoms with Crippen molar-refractivity contribution in [2.24, 2.45) is 0 Å². The quantitative estimate of drug-likeness (QED) is 0.279. The summed E-state index contributed by atoms with van der Waals surface area (Å²) >= 11 is 0. The Kier molecular flexibility index (Phi) is 20.3. The first-order chi connectivity index (χ1) is 19.3. The fourth-order valence-electron chi connectivity index (χ4n) is 2.75. The molecule has 1 aliphatic heterocycles. The summed E-state index contributed by atoms with van der Waals surface area (Å²) in [5.74, 6) is 0. The van der Waals surface area contributed by atoms with E-state index in [-0.39, 0.29) is 0 Å². The number of rotatable bonds is 10. The summed E-state index contributed by atoms with van der Waals surface area (Å²) in [4.78, 5) is 0. The third-order valence-electron chi connectivity index (χ3n) is 4.61. The van der Waals surface area contributed by atoms with Gasteiger partial charge < -0.3 is 41.2 Å². The highest BCUT2D eigenvalue weighted by atomic mass is 28.5. The Morgan fingerprint density at radius 3 is 0.325 bits per heavy atom. The summed E-state index contributed by atoms with van der Waals surface area (Å²) in [6.45, 7) is 38.7. The molecule has 0 aromatic carbocycles. The van der Waals surface area contributed by atoms with Crippen molar-refractivity contribution < 1.29 is 41.2 Å². The highest BCUT2D eigenvalue weighted by molar-refractivity contribution is 6.80. The molecule has 1 rings (SSSR count). The smallest absolute Gasteiger partial charge is 0.330 e. The van der Waals surface area contributed by atoms with Crippen LogP contribution in [0.4, 0.5) is 0 Å². The lowest BCUT2D eigenvalue weighted by Crippen LogP contribution is -2.46. The summed E-state index contributed by atoms with van der Waals surface area (Å²) < 4.78 is 61.9. The molecule has 1 saturated heterocycles. The second kappa shape index (κ2) is 21.8. The molecule has 0 saturated carbocycles. The van der Waals surface area contributed by atoms with Crippen LogP contribution in [0, 0.1) is 0 Å². The number of hydrogen-bond acceptors (Lipinski definition) is 10. The van der Waals surface area contributed by atoms with Crippen molar-refractivity contribution in [3.05, 3.63) is 123 Å². The number of hydrogen-bond donors (Lipinski definition) is 0. The van der Waals surface area contributed by atoms with E-state index in [4.69, 9.17) is 41.2 Å². The van der Waals surface area contributed by atoms with E-state index in [1.807, 2.05) is 0 Å². The molecule has 1 fully saturated rings. The van der Waals surface area contributed by atoms with Crippen LogP contribution < -0.4 is 0 Å². The molecule has 0 unspecified atom stereocenters. The van der Waals surface area contributed by atoms with Gasteiger partial charge >= 0.3 is 92.8 Å². The van der Waals surface area contributed by atoms with E-state index >= 15 is 0 Å². The zero-order chi connectivity index (χ0) is 29.9. The Hall–Kier alpha value is -0.831. The van der Waals surface area contributed by atoms with Gasteiger partial charge in [0.1, 0.15) is 0 Å². The van der Waals surface area contributed by atoms with Gasteiger partial charge in [-0.25, -0.2) is 0 Å². The van der Waals surface area contributed by atoms with E-state index in [0.29, 0.717) is 0 Å². The molecule has 0 spiro atoms. The molecule has 220 valence electrons. The van der Waals surface area contributed by atoms with E-state index in [0.717, 1.165) is 0 Å². The maximum atomic E-state index is 6.19. The first kappa shape index (κ1) is 37.2. The highest BCUT2D eigenvalue weighted by Crippen LogP contribution is 2.11. The fraction of sp³-hybridized carbons (Fsp3) is 0. The third kappa shape index (κ3) is 13.9. The Morgan fingerprint density at radius 2 is 0.275 bits per heavy atom. The monoisotopic (exact) mass is 720 g/mol. The zero-order valence-electron chi connectivity index (χ0n) is 22.7. The second-order valence-electron chi connectivity index (χ2n) is 7.40. The minimum atomic E-state index is -2.43. The van der Waals surface area contributed by atoms with Crippen LogP contribution in [0.3, 0.4) is 0 Å². The van der Waals surface area contributed by atoms with Crippen LogP contribution in [0.15, 0.2) is 123 Å². The first-order valence-electron chi connectivity index (χ1n) is 12.1. The molecule has 20 heteroatoms. The van der Waals surface area contributed by atoms with Gasteiger partial charge in [-0.15, -0.1) is 65.8 Å². The highest BCUT2D eigenvalue weighted by Gasteiger charge is 2.31. The Morgan fingerprint density at radius 1 is 0.200 bits per heavy atom. The van der Waals surface area contributed by atoms with Gasteiger partial charge in [-0.05, 0) is 0 Å². The summed E-state index contributed by atoms with van der Waals surface area (Å²) in [6, 6.07) is 0. The average molecular weight is 721 g/mol. The normalized spacial score (nSPS) is 35.5. The Balaban J connectivity index is 3.34. The molecule has 0 atom stereocenters. The van der Waals surface area contributed by atoms with Crippen LogP contribution >= 0.6 is 0 Å². The van der Waals surface area contributed by atoms with Crippen LogP contribution in [0.25, 0.3) is 0 Å². The minimum absolute atomic E-state index is 1.65. The molecule has 1 aliphatic rings. The zero-order valence-corrected chi connectivity index (χ0v) is 34.2. The van der Waals surface area contributed by atoms with Crippen molar-refractivity contribution in [1.29, 1.82) is 0 Å². The molecule has 0 aliphatic carbocycles. The molecule has 0 aromatic rings. The van der Waals surface area contributed by atoms with Gasteiger partial charge in [0, 0.05) is 0 Å². The van der Waals surface area contributed by atoms with Gasteiger partial charge in [0.05, 0.1) is 0 Å². The summed E-state index contributed by atoms with van der Waals surface area (Å²) in [5, 5.41) is 0. The lowest BCUT2D eigenvalue weighted by molar-refractivity contribution is 0.309. The Bertz CT molecular complexity index is 646. The first-order valence-corrected chi connectivity index (χ1v) is 28.2. The molecule has 40 heavy (non-hydrogen) atoms. The molecule has 0 amide bonds. The summed E-state index contributed by atoms with van der Waals surface area (Å²) in [6.07, 6.45) is 0. The third-order valence-corrected chi connectivity index (χ3v) is 29.9. The maximum Gasteiger partial charge on any atom is 0.330 e. The van der Waals surface area contributed by atoms with Crippen molar-refractivity contribution in [1.82, 2.24) is 0 Å². The fourth-order valence-corrected chi connectivity index (χ4v) is 30.6. The van der Waals surface area contributed by atoms with Crippen LogP contribution in [-0.2, 0) is 41.2 Å². The molecule has 0 bridgehead atoms. The molecule has 0 N–H and O–H groups in total. The largest absolute Gasteiger partial charge is 0.414 e. The molecule has 1 heterocycles. The van der Waals surface area contributed by atoms with Gasteiger partial charge in [-0.3, -0.25) is 0 Å². The van der Waals surface area contributed by atoms with E-state index < -0.39 is 92.8 Å². The van der Waals surface area contributed by atoms with Crippen molar-refractivity contribution in [3.8, 4) is 0 Å². The second-order valence-corrected chi connectivity index (χ2v) is 30.4. The lowest BCUT2D eigenvalue weighted by Gasteiger charge is -2.29. The van der Waals surface area contributed by atoms with E-state index in [1.54, 1.807) is 57.0 Å². The van der Waals surface area contributed by atoms with E-state index in [9.17, 15) is 0 Å². The summed E-state index contributed by atoms with van der Waals surface area (Å²) in [5.41, 5.74) is 16.5. The minimum Gasteiger partial charge on any atom is -0.414 e. The van der Waals surface area contributed by atoms with Crippen molar-refractivity contribution in [2.45, 2.75) is 0 Å². The SMILES string of the molecule is C=C[SiH]1O[SiH](C=C)O[SiH](C=C)O[SiH](C=C)O[SiH](C=C)O[SiH](C=C)O[SiH](C=C)O[SiH](C=C)O[SiH](C=C)O[SiH](C=C)O1. The lowest BCUT2D eigenvalue weighted by atomic mass is 11.3. The van der Waals surface area contributed by atoms with Crippen LogP contribution in [0.1, 0.15) is 0 Å². The van der Waals surface area contributed by atoms with Crippen LogP contribution in [-0.4, -0.2) is 92.8 Å². The molecular formula is C20H40O10Si10. The Labute approximate surface area is 255 Å². The molecule has 0 aromatic heterocycles. The van der Waals surface area contributed by atoms with Crippen molar-refractivity contribution >= 4 is 92.8 Å². The van der Waals surface area contributed by atoms with Gasteiger partial charge in [-0.2, -0.15) is 0 Å². The van der Waals surface area contributed by atoms with Gasteiger partial charge in [0.25, 0.3) is 0 Å². The predicted molar refractivity (Wildman–Crippen MR) is 184 cm³/mol.